The van der Waals surface area contributed by atoms with Crippen LogP contribution in [0.5, 0.6) is 0 Å². The van der Waals surface area contributed by atoms with Crippen molar-refractivity contribution in [2.75, 3.05) is 0 Å². The molecule has 0 atom stereocenters. The number of benzene rings is 1. The highest BCUT2D eigenvalue weighted by molar-refractivity contribution is 5.94. The summed E-state index contributed by atoms with van der Waals surface area (Å²) in [7, 11) is 0. The van der Waals surface area contributed by atoms with Gasteiger partial charge in [-0.2, -0.15) is 0 Å². The Balaban J connectivity index is 2.58. The first kappa shape index (κ1) is 11.6. The van der Waals surface area contributed by atoms with E-state index in [0.29, 0.717) is 11.9 Å². The summed E-state index contributed by atoms with van der Waals surface area (Å²) in [4.78, 5) is 11.1. The van der Waals surface area contributed by atoms with E-state index in [4.69, 9.17) is 5.11 Å². The molecule has 0 aliphatic rings. The Kier molecular flexibility index (Phi) is 3.13. The summed E-state index contributed by atoms with van der Waals surface area (Å²) < 4.78 is 14.8. The van der Waals surface area contributed by atoms with Crippen molar-refractivity contribution in [2.24, 2.45) is 0 Å². The third-order valence-electron chi connectivity index (χ3n) is 2.82. The molecule has 4 heteroatoms. The molecule has 0 bridgehead atoms. The molecule has 0 aliphatic carbocycles. The van der Waals surface area contributed by atoms with Gasteiger partial charge in [0.15, 0.2) is 0 Å². The fraction of sp³-hybridized carbons (Fsp3) is 0.308. The van der Waals surface area contributed by atoms with Gasteiger partial charge in [-0.15, -0.1) is 0 Å². The van der Waals surface area contributed by atoms with Crippen molar-refractivity contribution in [1.29, 1.82) is 0 Å². The number of carboxylic acid groups (broad SMARTS) is 1. The summed E-state index contributed by atoms with van der Waals surface area (Å²) in [6.45, 7) is 2.69. The number of rotatable bonds is 4. The molecule has 2 aromatic rings. The average molecular weight is 235 g/mol. The highest BCUT2D eigenvalue weighted by Crippen LogP contribution is 2.21. The van der Waals surface area contributed by atoms with Gasteiger partial charge >= 0.3 is 5.97 Å². The van der Waals surface area contributed by atoms with Crippen LogP contribution in [0.1, 0.15) is 30.3 Å². The Hall–Kier alpha value is -1.84. The zero-order valence-corrected chi connectivity index (χ0v) is 9.61. The van der Waals surface area contributed by atoms with Crippen LogP contribution in [0.4, 0.5) is 4.39 Å². The maximum atomic E-state index is 13.1. The molecule has 1 aromatic heterocycles. The lowest BCUT2D eigenvalue weighted by Gasteiger charge is -2.07. The second-order valence-electron chi connectivity index (χ2n) is 4.04. The van der Waals surface area contributed by atoms with Gasteiger partial charge in [0.05, 0.1) is 0 Å². The second-order valence-corrected chi connectivity index (χ2v) is 4.04. The number of carboxylic acids is 1. The van der Waals surface area contributed by atoms with E-state index in [0.717, 1.165) is 18.4 Å². The molecule has 0 spiro atoms. The van der Waals surface area contributed by atoms with Crippen LogP contribution in [0.2, 0.25) is 0 Å². The van der Waals surface area contributed by atoms with E-state index in [9.17, 15) is 9.18 Å². The predicted octanol–water partition coefficient (Wildman–Crippen LogP) is 3.28. The Morgan fingerprint density at radius 1 is 1.41 bits per heavy atom. The zero-order valence-electron chi connectivity index (χ0n) is 9.61. The van der Waals surface area contributed by atoms with Gasteiger partial charge in [0.2, 0.25) is 0 Å². The molecule has 0 unspecified atom stereocenters. The molecule has 1 N–H and O–H groups in total. The van der Waals surface area contributed by atoms with Gasteiger partial charge in [-0.05, 0) is 30.7 Å². The minimum Gasteiger partial charge on any atom is -0.477 e. The first-order valence-corrected chi connectivity index (χ1v) is 5.65. The van der Waals surface area contributed by atoms with Crippen LogP contribution in [0.25, 0.3) is 10.9 Å². The third kappa shape index (κ3) is 2.16. The topological polar surface area (TPSA) is 42.2 Å². The number of hydrogen-bond donors (Lipinski definition) is 1. The average Bonchev–Trinajstić information content (AvgIpc) is 2.64. The van der Waals surface area contributed by atoms with E-state index >= 15 is 0 Å². The summed E-state index contributed by atoms with van der Waals surface area (Å²) in [6.07, 6.45) is 1.89. The van der Waals surface area contributed by atoms with Crippen LogP contribution < -0.4 is 0 Å². The van der Waals surface area contributed by atoms with Crippen LogP contribution in [0.15, 0.2) is 24.3 Å². The summed E-state index contributed by atoms with van der Waals surface area (Å²) in [5, 5.41) is 9.76. The molecule has 0 saturated carbocycles. The maximum absolute atomic E-state index is 13.1. The lowest BCUT2D eigenvalue weighted by Crippen LogP contribution is -2.08. The Morgan fingerprint density at radius 3 is 2.82 bits per heavy atom. The fourth-order valence-electron chi connectivity index (χ4n) is 1.98. The monoisotopic (exact) mass is 235 g/mol. The molecule has 2 rings (SSSR count). The SMILES string of the molecule is CCCCn1c(C(=O)O)cc2cc(F)ccc21. The standard InChI is InChI=1S/C13H14FNO2/c1-2-3-6-15-11-5-4-10(14)7-9(11)8-12(15)13(16)17/h4-5,7-8H,2-3,6H2,1H3,(H,16,17). The lowest BCUT2D eigenvalue weighted by atomic mass is 10.2. The fourth-order valence-corrected chi connectivity index (χ4v) is 1.98. The Labute approximate surface area is 98.5 Å². The van der Waals surface area contributed by atoms with Gasteiger partial charge in [0.1, 0.15) is 11.5 Å². The summed E-state index contributed by atoms with van der Waals surface area (Å²) in [5.41, 5.74) is 0.997. The van der Waals surface area contributed by atoms with Crippen molar-refractivity contribution < 1.29 is 14.3 Å². The van der Waals surface area contributed by atoms with Gasteiger partial charge in [-0.1, -0.05) is 13.3 Å². The van der Waals surface area contributed by atoms with Gasteiger partial charge < -0.3 is 9.67 Å². The van der Waals surface area contributed by atoms with Crippen LogP contribution in [-0.4, -0.2) is 15.6 Å². The van der Waals surface area contributed by atoms with E-state index in [1.807, 2.05) is 6.92 Å². The molecule has 0 radical (unpaired) electrons. The van der Waals surface area contributed by atoms with E-state index in [-0.39, 0.29) is 11.5 Å². The molecule has 0 saturated heterocycles. The smallest absolute Gasteiger partial charge is 0.352 e. The summed E-state index contributed by atoms with van der Waals surface area (Å²) >= 11 is 0. The molecule has 3 nitrogen and oxygen atoms in total. The summed E-state index contributed by atoms with van der Waals surface area (Å²) in [6, 6.07) is 5.88. The number of fused-ring (bicyclic) bond motifs is 1. The first-order valence-electron chi connectivity index (χ1n) is 5.65. The minimum absolute atomic E-state index is 0.221. The van der Waals surface area contributed by atoms with Crippen molar-refractivity contribution in [3.8, 4) is 0 Å². The van der Waals surface area contributed by atoms with Crippen LogP contribution in [0, 0.1) is 5.82 Å². The van der Waals surface area contributed by atoms with Gasteiger partial charge in [-0.3, -0.25) is 0 Å². The van der Waals surface area contributed by atoms with E-state index in [1.165, 1.54) is 18.2 Å². The number of aryl methyl sites for hydroxylation is 1. The number of aromatic nitrogens is 1. The van der Waals surface area contributed by atoms with Crippen molar-refractivity contribution in [3.05, 3.63) is 35.8 Å². The number of hydrogen-bond acceptors (Lipinski definition) is 1. The maximum Gasteiger partial charge on any atom is 0.352 e. The highest BCUT2D eigenvalue weighted by atomic mass is 19.1. The molecule has 0 amide bonds. The van der Waals surface area contributed by atoms with Gasteiger partial charge in [0, 0.05) is 17.4 Å². The molecule has 90 valence electrons. The Morgan fingerprint density at radius 2 is 2.18 bits per heavy atom. The minimum atomic E-state index is -0.974. The van der Waals surface area contributed by atoms with E-state index in [1.54, 1.807) is 10.6 Å². The molecule has 17 heavy (non-hydrogen) atoms. The molecule has 0 aliphatic heterocycles. The molecular formula is C13H14FNO2. The number of aromatic carboxylic acids is 1. The normalized spacial score (nSPS) is 10.9. The largest absolute Gasteiger partial charge is 0.477 e. The molecule has 1 heterocycles. The molecule has 1 aromatic carbocycles. The highest BCUT2D eigenvalue weighted by Gasteiger charge is 2.14. The molecular weight excluding hydrogens is 221 g/mol. The van der Waals surface area contributed by atoms with Crippen molar-refractivity contribution in [3.63, 3.8) is 0 Å². The zero-order chi connectivity index (χ0) is 12.4. The number of halogens is 1. The van der Waals surface area contributed by atoms with Crippen molar-refractivity contribution in [1.82, 2.24) is 4.57 Å². The quantitative estimate of drug-likeness (QED) is 0.883. The number of unbranched alkanes of at least 4 members (excludes halogenated alkanes) is 1. The van der Waals surface area contributed by atoms with Crippen molar-refractivity contribution in [2.45, 2.75) is 26.3 Å². The van der Waals surface area contributed by atoms with Crippen LogP contribution >= 0.6 is 0 Å². The number of carbonyl (C=O) groups is 1. The van der Waals surface area contributed by atoms with E-state index in [2.05, 4.69) is 0 Å². The van der Waals surface area contributed by atoms with Crippen molar-refractivity contribution >= 4 is 16.9 Å². The molecule has 0 fully saturated rings. The number of nitrogens with zero attached hydrogens (tertiary/aromatic N) is 1. The second kappa shape index (κ2) is 4.57. The third-order valence-corrected chi connectivity index (χ3v) is 2.82. The Bertz CT molecular complexity index is 560. The van der Waals surface area contributed by atoms with Crippen LogP contribution in [-0.2, 0) is 6.54 Å². The first-order chi connectivity index (χ1) is 8.13. The lowest BCUT2D eigenvalue weighted by molar-refractivity contribution is 0.0685. The van der Waals surface area contributed by atoms with Gasteiger partial charge in [-0.25, -0.2) is 9.18 Å². The van der Waals surface area contributed by atoms with Gasteiger partial charge in [0.25, 0.3) is 0 Å². The predicted molar refractivity (Wildman–Crippen MR) is 63.8 cm³/mol. The van der Waals surface area contributed by atoms with E-state index < -0.39 is 5.97 Å². The van der Waals surface area contributed by atoms with Crippen LogP contribution in [0.3, 0.4) is 0 Å². The summed E-state index contributed by atoms with van der Waals surface area (Å²) in [5.74, 6) is -1.32.